The summed E-state index contributed by atoms with van der Waals surface area (Å²) >= 11 is 0. The first-order valence-electron chi connectivity index (χ1n) is 8.49. The number of ether oxygens (including phenoxy) is 3. The molecule has 3 aliphatic heterocycles. The first kappa shape index (κ1) is 17.4. The smallest absolute Gasteiger partial charge is 0.305 e. The van der Waals surface area contributed by atoms with Crippen LogP contribution in [0.2, 0.25) is 0 Å². The van der Waals surface area contributed by atoms with Crippen molar-refractivity contribution in [3.8, 4) is 0 Å². The van der Waals surface area contributed by atoms with Gasteiger partial charge < -0.3 is 14.2 Å². The summed E-state index contributed by atoms with van der Waals surface area (Å²) in [5, 5.41) is 0. The van der Waals surface area contributed by atoms with Crippen LogP contribution in [0.3, 0.4) is 0 Å². The number of hydrogen-bond acceptors (Lipinski definition) is 7. The van der Waals surface area contributed by atoms with Crippen LogP contribution in [0, 0.1) is 11.8 Å². The predicted molar refractivity (Wildman–Crippen MR) is 90.0 cm³/mol. The summed E-state index contributed by atoms with van der Waals surface area (Å²) in [4.78, 5) is 50.3. The molecule has 0 saturated carbocycles. The molecule has 2 fully saturated rings. The molecule has 0 radical (unpaired) electrons. The van der Waals surface area contributed by atoms with Gasteiger partial charge in [-0.2, -0.15) is 0 Å². The summed E-state index contributed by atoms with van der Waals surface area (Å²) in [6, 6.07) is 8.56. The minimum atomic E-state index is -1.52. The van der Waals surface area contributed by atoms with Crippen molar-refractivity contribution in [1.29, 1.82) is 0 Å². The fourth-order valence-corrected chi connectivity index (χ4v) is 4.05. The molecule has 8 heteroatoms. The van der Waals surface area contributed by atoms with E-state index in [0.29, 0.717) is 5.69 Å². The van der Waals surface area contributed by atoms with E-state index >= 15 is 0 Å². The Bertz CT molecular complexity index is 848. The Morgan fingerprint density at radius 2 is 1.70 bits per heavy atom. The Morgan fingerprint density at radius 1 is 1.07 bits per heavy atom. The lowest BCUT2D eigenvalue weighted by atomic mass is 9.76. The van der Waals surface area contributed by atoms with Crippen LogP contribution >= 0.6 is 0 Å². The SMILES string of the molecule is CC(=O)OC(OC(C)=O)[C@]12C=C[C@@H](O1)[C@H]1C(=O)N(c3ccccc3)C(=O)[C@@H]12. The molecule has 27 heavy (non-hydrogen) atoms. The van der Waals surface area contributed by atoms with E-state index in [4.69, 9.17) is 14.2 Å². The van der Waals surface area contributed by atoms with Crippen molar-refractivity contribution in [2.75, 3.05) is 4.90 Å². The number of esters is 2. The number of anilines is 1. The van der Waals surface area contributed by atoms with Gasteiger partial charge in [-0.15, -0.1) is 0 Å². The fraction of sp³-hybridized carbons (Fsp3) is 0.368. The van der Waals surface area contributed by atoms with Gasteiger partial charge in [0.25, 0.3) is 6.29 Å². The second kappa shape index (κ2) is 6.02. The van der Waals surface area contributed by atoms with Gasteiger partial charge in [-0.25, -0.2) is 4.90 Å². The zero-order valence-electron chi connectivity index (χ0n) is 14.7. The van der Waals surface area contributed by atoms with Gasteiger partial charge in [-0.3, -0.25) is 19.2 Å². The highest BCUT2D eigenvalue weighted by molar-refractivity contribution is 6.23. The van der Waals surface area contributed by atoms with Crippen LogP contribution < -0.4 is 4.90 Å². The minimum Gasteiger partial charge on any atom is -0.422 e. The van der Waals surface area contributed by atoms with Crippen LogP contribution in [0.25, 0.3) is 0 Å². The summed E-state index contributed by atoms with van der Waals surface area (Å²) in [6.07, 6.45) is 1.07. The fourth-order valence-electron chi connectivity index (χ4n) is 4.05. The van der Waals surface area contributed by atoms with E-state index < -0.39 is 53.6 Å². The van der Waals surface area contributed by atoms with Crippen LogP contribution in [0.1, 0.15) is 13.8 Å². The van der Waals surface area contributed by atoms with E-state index in [1.165, 1.54) is 0 Å². The largest absolute Gasteiger partial charge is 0.422 e. The summed E-state index contributed by atoms with van der Waals surface area (Å²) in [5.41, 5.74) is -1.07. The van der Waals surface area contributed by atoms with E-state index in [0.717, 1.165) is 18.7 Å². The highest BCUT2D eigenvalue weighted by atomic mass is 16.7. The first-order chi connectivity index (χ1) is 12.8. The number of amides is 2. The van der Waals surface area contributed by atoms with Crippen LogP contribution in [-0.4, -0.2) is 41.7 Å². The van der Waals surface area contributed by atoms with Crippen molar-refractivity contribution < 1.29 is 33.4 Å². The Labute approximate surface area is 154 Å². The average Bonchev–Trinajstić information content (AvgIpc) is 3.26. The van der Waals surface area contributed by atoms with E-state index in [-0.39, 0.29) is 0 Å². The number of imide groups is 1. The molecule has 2 saturated heterocycles. The molecular formula is C19H17NO7. The van der Waals surface area contributed by atoms with Gasteiger partial charge in [-0.1, -0.05) is 24.3 Å². The van der Waals surface area contributed by atoms with Crippen LogP contribution in [-0.2, 0) is 33.4 Å². The number of fused-ring (bicyclic) bond motifs is 5. The van der Waals surface area contributed by atoms with Gasteiger partial charge in [0.05, 0.1) is 23.6 Å². The first-order valence-corrected chi connectivity index (χ1v) is 8.49. The molecule has 140 valence electrons. The molecule has 0 unspecified atom stereocenters. The number of carbonyl (C=O) groups excluding carboxylic acids is 4. The van der Waals surface area contributed by atoms with Gasteiger partial charge in [0.15, 0.2) is 5.60 Å². The van der Waals surface area contributed by atoms with Crippen molar-refractivity contribution in [2.24, 2.45) is 11.8 Å². The summed E-state index contributed by atoms with van der Waals surface area (Å²) in [5.74, 6) is -3.99. The molecule has 2 bridgehead atoms. The maximum atomic E-state index is 13.2. The van der Waals surface area contributed by atoms with Gasteiger partial charge in [0.1, 0.15) is 0 Å². The van der Waals surface area contributed by atoms with Crippen LogP contribution in [0.5, 0.6) is 0 Å². The summed E-state index contributed by atoms with van der Waals surface area (Å²) in [6.45, 7) is 2.32. The summed E-state index contributed by atoms with van der Waals surface area (Å²) < 4.78 is 16.2. The molecule has 0 spiro atoms. The van der Waals surface area contributed by atoms with E-state index in [1.54, 1.807) is 42.5 Å². The maximum Gasteiger partial charge on any atom is 0.305 e. The third kappa shape index (κ3) is 2.48. The molecule has 4 atom stereocenters. The second-order valence-corrected chi connectivity index (χ2v) is 6.70. The Balaban J connectivity index is 1.75. The lowest BCUT2D eigenvalue weighted by Gasteiger charge is -2.34. The number of para-hydroxylation sites is 1. The molecule has 1 aromatic carbocycles. The number of carbonyl (C=O) groups is 4. The molecular weight excluding hydrogens is 354 g/mol. The third-order valence-corrected chi connectivity index (χ3v) is 5.01. The molecule has 0 N–H and O–H groups in total. The number of benzene rings is 1. The van der Waals surface area contributed by atoms with Gasteiger partial charge in [0.2, 0.25) is 11.8 Å². The maximum absolute atomic E-state index is 13.2. The van der Waals surface area contributed by atoms with Gasteiger partial charge in [0, 0.05) is 13.8 Å². The van der Waals surface area contributed by atoms with Crippen molar-refractivity contribution in [2.45, 2.75) is 31.8 Å². The molecule has 2 amide bonds. The van der Waals surface area contributed by atoms with Crippen molar-refractivity contribution in [1.82, 2.24) is 0 Å². The van der Waals surface area contributed by atoms with Gasteiger partial charge >= 0.3 is 11.9 Å². The van der Waals surface area contributed by atoms with E-state index in [1.807, 2.05) is 0 Å². The third-order valence-electron chi connectivity index (χ3n) is 5.01. The molecule has 0 aromatic heterocycles. The van der Waals surface area contributed by atoms with Crippen molar-refractivity contribution in [3.63, 3.8) is 0 Å². The normalized spacial score (nSPS) is 30.8. The average molecular weight is 371 g/mol. The number of rotatable bonds is 4. The Hall–Kier alpha value is -3.00. The quantitative estimate of drug-likeness (QED) is 0.336. The predicted octanol–water partition coefficient (Wildman–Crippen LogP) is 0.952. The van der Waals surface area contributed by atoms with Crippen molar-refractivity contribution >= 4 is 29.4 Å². The zero-order valence-corrected chi connectivity index (χ0v) is 14.7. The minimum absolute atomic E-state index is 0.392. The highest BCUT2D eigenvalue weighted by Crippen LogP contribution is 2.54. The number of nitrogens with zero attached hydrogens (tertiary/aromatic N) is 1. The molecule has 3 aliphatic rings. The van der Waals surface area contributed by atoms with Crippen LogP contribution in [0.15, 0.2) is 42.5 Å². The highest BCUT2D eigenvalue weighted by Gasteiger charge is 2.72. The lowest BCUT2D eigenvalue weighted by molar-refractivity contribution is -0.226. The zero-order chi connectivity index (χ0) is 19.3. The van der Waals surface area contributed by atoms with Crippen molar-refractivity contribution in [3.05, 3.63) is 42.5 Å². The van der Waals surface area contributed by atoms with Gasteiger partial charge in [-0.05, 0) is 18.2 Å². The van der Waals surface area contributed by atoms with Crippen LogP contribution in [0.4, 0.5) is 5.69 Å². The molecule has 0 aliphatic carbocycles. The molecule has 4 rings (SSSR count). The Morgan fingerprint density at radius 3 is 2.30 bits per heavy atom. The number of hydrogen-bond donors (Lipinski definition) is 0. The monoisotopic (exact) mass is 371 g/mol. The summed E-state index contributed by atoms with van der Waals surface area (Å²) in [7, 11) is 0. The second-order valence-electron chi connectivity index (χ2n) is 6.70. The molecule has 3 heterocycles. The lowest BCUT2D eigenvalue weighted by Crippen LogP contribution is -2.52. The molecule has 1 aromatic rings. The molecule has 8 nitrogen and oxygen atoms in total. The topological polar surface area (TPSA) is 99.2 Å². The van der Waals surface area contributed by atoms with E-state index in [2.05, 4.69) is 0 Å². The van der Waals surface area contributed by atoms with E-state index in [9.17, 15) is 19.2 Å². The Kier molecular flexibility index (Phi) is 3.88. The standard InChI is InChI=1S/C19H17NO7/c1-10(21)25-18(26-11(2)22)19-9-8-13(27-19)14-15(19)17(24)20(16(14)23)12-6-4-3-5-7-12/h3-9,13-15,18H,1-2H3/t13-,14-,15-,19-/m1/s1.